The Hall–Kier alpha value is -2.22. The van der Waals surface area contributed by atoms with Crippen molar-refractivity contribution < 1.29 is 9.72 Å². The Morgan fingerprint density at radius 1 is 1.57 bits per heavy atom. The Morgan fingerprint density at radius 2 is 2.33 bits per heavy atom. The maximum Gasteiger partial charge on any atom is 0.270 e. The minimum absolute atomic E-state index is 0.130. The first kappa shape index (κ1) is 15.2. The van der Waals surface area contributed by atoms with Crippen LogP contribution in [-0.2, 0) is 0 Å². The summed E-state index contributed by atoms with van der Waals surface area (Å²) in [4.78, 5) is 29.6. The molecule has 2 rings (SSSR count). The molecule has 0 aliphatic heterocycles. The van der Waals surface area contributed by atoms with E-state index >= 15 is 0 Å². The second-order valence-electron chi connectivity index (χ2n) is 4.33. The molecule has 2 N–H and O–H groups in total. The summed E-state index contributed by atoms with van der Waals surface area (Å²) in [6.45, 7) is 1.91. The molecule has 0 aliphatic rings. The van der Waals surface area contributed by atoms with Gasteiger partial charge in [-0.2, -0.15) is 0 Å². The van der Waals surface area contributed by atoms with Gasteiger partial charge >= 0.3 is 0 Å². The lowest BCUT2D eigenvalue weighted by Gasteiger charge is -2.15. The lowest BCUT2D eigenvalue weighted by atomic mass is 10.1. The van der Waals surface area contributed by atoms with Gasteiger partial charge in [0.15, 0.2) is 0 Å². The number of hydrogen-bond donors (Lipinski definition) is 2. The zero-order chi connectivity index (χ0) is 15.4. The smallest absolute Gasteiger partial charge is 0.270 e. The molecule has 110 valence electrons. The molecule has 21 heavy (non-hydrogen) atoms. The minimum Gasteiger partial charge on any atom is -0.347 e. The molecular weight excluding hydrogens is 340 g/mol. The summed E-state index contributed by atoms with van der Waals surface area (Å²) in [6.07, 6.45) is 3.92. The number of nitrogens with one attached hydrogen (secondary N) is 2. The number of nitro benzene ring substituents is 1. The Balaban J connectivity index is 2.23. The summed E-state index contributed by atoms with van der Waals surface area (Å²) in [5.41, 5.74) is 0.0867. The van der Waals surface area contributed by atoms with Crippen molar-refractivity contribution in [2.24, 2.45) is 0 Å². The van der Waals surface area contributed by atoms with Crippen LogP contribution in [0, 0.1) is 10.1 Å². The number of carbonyl (C=O) groups is 1. The van der Waals surface area contributed by atoms with Gasteiger partial charge in [0, 0.05) is 29.0 Å². The fraction of sp³-hybridized carbons (Fsp3) is 0.231. The first-order valence-electron chi connectivity index (χ1n) is 6.27. The number of nitrogens with zero attached hydrogens (tertiary/aromatic N) is 2. The summed E-state index contributed by atoms with van der Waals surface area (Å²) in [5.74, 6) is 0.251. The molecule has 0 saturated heterocycles. The molecule has 7 nitrogen and oxygen atoms in total. The fourth-order valence-electron chi connectivity index (χ4n) is 1.87. The molecule has 0 fully saturated rings. The van der Waals surface area contributed by atoms with E-state index in [1.54, 1.807) is 12.4 Å². The third-order valence-electron chi connectivity index (χ3n) is 2.97. The lowest BCUT2D eigenvalue weighted by Crippen LogP contribution is -2.29. The number of aromatic amines is 1. The van der Waals surface area contributed by atoms with Gasteiger partial charge in [-0.05, 0) is 28.4 Å². The van der Waals surface area contributed by atoms with Gasteiger partial charge in [-0.1, -0.05) is 6.92 Å². The van der Waals surface area contributed by atoms with E-state index in [1.807, 2.05) is 6.92 Å². The largest absolute Gasteiger partial charge is 0.347 e. The van der Waals surface area contributed by atoms with Crippen molar-refractivity contribution in [2.75, 3.05) is 0 Å². The van der Waals surface area contributed by atoms with Crippen LogP contribution < -0.4 is 5.32 Å². The van der Waals surface area contributed by atoms with Crippen molar-refractivity contribution in [1.29, 1.82) is 0 Å². The molecule has 1 unspecified atom stereocenters. The van der Waals surface area contributed by atoms with Crippen molar-refractivity contribution in [3.05, 3.63) is 56.6 Å². The Kier molecular flexibility index (Phi) is 4.69. The molecule has 1 aromatic heterocycles. The SMILES string of the molecule is CCC(NC(=O)c1cc([N+](=O)[O-])ccc1Br)c1ncc[nH]1. The molecule has 0 spiro atoms. The van der Waals surface area contributed by atoms with Crippen LogP contribution in [0.1, 0.15) is 35.6 Å². The van der Waals surface area contributed by atoms with Crippen LogP contribution in [0.3, 0.4) is 0 Å². The van der Waals surface area contributed by atoms with E-state index in [-0.39, 0.29) is 17.3 Å². The van der Waals surface area contributed by atoms with Gasteiger partial charge in [0.05, 0.1) is 16.5 Å². The maximum atomic E-state index is 12.3. The number of halogens is 1. The molecular formula is C13H13BrN4O3. The number of nitro groups is 1. The Morgan fingerprint density at radius 3 is 2.90 bits per heavy atom. The molecule has 1 amide bonds. The van der Waals surface area contributed by atoms with Crippen LogP contribution in [0.5, 0.6) is 0 Å². The van der Waals surface area contributed by atoms with E-state index in [1.165, 1.54) is 18.2 Å². The average molecular weight is 353 g/mol. The number of benzene rings is 1. The number of hydrogen-bond acceptors (Lipinski definition) is 4. The van der Waals surface area contributed by atoms with Crippen LogP contribution in [0.2, 0.25) is 0 Å². The van der Waals surface area contributed by atoms with Gasteiger partial charge < -0.3 is 10.3 Å². The van der Waals surface area contributed by atoms with Crippen LogP contribution in [0.15, 0.2) is 35.1 Å². The molecule has 1 aromatic carbocycles. The quantitative estimate of drug-likeness (QED) is 0.637. The van der Waals surface area contributed by atoms with E-state index in [0.717, 1.165) is 0 Å². The van der Waals surface area contributed by atoms with Gasteiger partial charge in [-0.25, -0.2) is 4.98 Å². The van der Waals surface area contributed by atoms with Crippen molar-refractivity contribution >= 4 is 27.5 Å². The molecule has 0 bridgehead atoms. The number of rotatable bonds is 5. The zero-order valence-corrected chi connectivity index (χ0v) is 12.8. The summed E-state index contributed by atoms with van der Waals surface area (Å²) in [6, 6.07) is 3.79. The standard InChI is InChI=1S/C13H13BrN4O3/c1-2-11(12-15-5-6-16-12)17-13(19)9-7-8(18(20)21)3-4-10(9)14/h3-7,11H,2H2,1H3,(H,15,16)(H,17,19). The van der Waals surface area contributed by atoms with Crippen molar-refractivity contribution in [3.63, 3.8) is 0 Å². The summed E-state index contributed by atoms with van der Waals surface area (Å²) in [5, 5.41) is 13.6. The van der Waals surface area contributed by atoms with Gasteiger partial charge in [0.25, 0.3) is 11.6 Å². The number of imidazole rings is 1. The predicted molar refractivity (Wildman–Crippen MR) is 79.9 cm³/mol. The van der Waals surface area contributed by atoms with E-state index in [2.05, 4.69) is 31.2 Å². The van der Waals surface area contributed by atoms with E-state index < -0.39 is 10.8 Å². The Bertz CT molecular complexity index is 657. The molecule has 1 heterocycles. The number of aromatic nitrogens is 2. The highest BCUT2D eigenvalue weighted by Crippen LogP contribution is 2.23. The van der Waals surface area contributed by atoms with E-state index in [0.29, 0.717) is 16.7 Å². The second kappa shape index (κ2) is 6.49. The number of amides is 1. The highest BCUT2D eigenvalue weighted by Gasteiger charge is 2.20. The van der Waals surface area contributed by atoms with E-state index in [9.17, 15) is 14.9 Å². The average Bonchev–Trinajstić information content (AvgIpc) is 2.98. The van der Waals surface area contributed by atoms with Gasteiger partial charge in [0.1, 0.15) is 5.82 Å². The molecule has 2 aromatic rings. The second-order valence-corrected chi connectivity index (χ2v) is 5.18. The summed E-state index contributed by atoms with van der Waals surface area (Å²) >= 11 is 3.23. The number of non-ortho nitro benzene ring substituents is 1. The van der Waals surface area contributed by atoms with Crippen LogP contribution in [0.25, 0.3) is 0 Å². The Labute approximate surface area is 129 Å². The van der Waals surface area contributed by atoms with E-state index in [4.69, 9.17) is 0 Å². The lowest BCUT2D eigenvalue weighted by molar-refractivity contribution is -0.384. The van der Waals surface area contributed by atoms with Crippen molar-refractivity contribution in [3.8, 4) is 0 Å². The maximum absolute atomic E-state index is 12.3. The summed E-state index contributed by atoms with van der Waals surface area (Å²) < 4.78 is 0.500. The number of H-pyrrole nitrogens is 1. The molecule has 0 aliphatic carbocycles. The highest BCUT2D eigenvalue weighted by atomic mass is 79.9. The molecule has 0 radical (unpaired) electrons. The zero-order valence-electron chi connectivity index (χ0n) is 11.2. The van der Waals surface area contributed by atoms with Crippen LogP contribution in [0.4, 0.5) is 5.69 Å². The minimum atomic E-state index is -0.535. The first-order chi connectivity index (χ1) is 10.0. The van der Waals surface area contributed by atoms with Crippen molar-refractivity contribution in [1.82, 2.24) is 15.3 Å². The summed E-state index contributed by atoms with van der Waals surface area (Å²) in [7, 11) is 0. The first-order valence-corrected chi connectivity index (χ1v) is 7.06. The van der Waals surface area contributed by atoms with Crippen LogP contribution >= 0.6 is 15.9 Å². The van der Waals surface area contributed by atoms with Crippen LogP contribution in [-0.4, -0.2) is 20.8 Å². The number of carbonyl (C=O) groups excluding carboxylic acids is 1. The normalized spacial score (nSPS) is 11.9. The third kappa shape index (κ3) is 3.46. The van der Waals surface area contributed by atoms with Gasteiger partial charge in [0.2, 0.25) is 0 Å². The highest BCUT2D eigenvalue weighted by molar-refractivity contribution is 9.10. The predicted octanol–water partition coefficient (Wildman–Crippen LogP) is 2.96. The van der Waals surface area contributed by atoms with Crippen molar-refractivity contribution in [2.45, 2.75) is 19.4 Å². The molecule has 1 atom stereocenters. The van der Waals surface area contributed by atoms with Gasteiger partial charge in [-0.15, -0.1) is 0 Å². The topological polar surface area (TPSA) is 101 Å². The van der Waals surface area contributed by atoms with Gasteiger partial charge in [-0.3, -0.25) is 14.9 Å². The monoisotopic (exact) mass is 352 g/mol. The molecule has 0 saturated carbocycles. The third-order valence-corrected chi connectivity index (χ3v) is 3.66. The fourth-order valence-corrected chi connectivity index (χ4v) is 2.30. The molecule has 8 heteroatoms.